The number of methoxy groups -OCH3 is 1. The van der Waals surface area contributed by atoms with Crippen molar-refractivity contribution >= 4 is 28.8 Å². The molecule has 0 unspecified atom stereocenters. The Kier molecular flexibility index (Phi) is 5.22. The van der Waals surface area contributed by atoms with E-state index in [0.717, 1.165) is 23.0 Å². The number of rotatable bonds is 6. The van der Waals surface area contributed by atoms with E-state index in [2.05, 4.69) is 11.9 Å². The van der Waals surface area contributed by atoms with Gasteiger partial charge in [0.05, 0.1) is 17.0 Å². The molecule has 0 radical (unpaired) electrons. The highest BCUT2D eigenvalue weighted by Gasteiger charge is 2.09. The Morgan fingerprint density at radius 2 is 2.10 bits per heavy atom. The zero-order chi connectivity index (χ0) is 15.4. The second-order valence-electron chi connectivity index (χ2n) is 4.83. The fraction of sp³-hybridized carbons (Fsp3) is 0.267. The van der Waals surface area contributed by atoms with Crippen molar-refractivity contribution in [3.8, 4) is 5.75 Å². The normalized spacial score (nSPS) is 10.9. The van der Waals surface area contributed by atoms with Gasteiger partial charge in [-0.2, -0.15) is 0 Å². The van der Waals surface area contributed by atoms with Crippen molar-refractivity contribution in [2.45, 2.75) is 13.1 Å². The van der Waals surface area contributed by atoms with Crippen LogP contribution in [0.2, 0.25) is 4.34 Å². The third kappa shape index (κ3) is 4.20. The van der Waals surface area contributed by atoms with Crippen LogP contribution in [0.3, 0.4) is 0 Å². The van der Waals surface area contributed by atoms with Crippen molar-refractivity contribution < 1.29 is 4.74 Å². The lowest BCUT2D eigenvalue weighted by atomic mass is 10.1. The molecule has 0 saturated heterocycles. The van der Waals surface area contributed by atoms with Gasteiger partial charge >= 0.3 is 0 Å². The van der Waals surface area contributed by atoms with Crippen molar-refractivity contribution in [2.75, 3.05) is 14.2 Å². The summed E-state index contributed by atoms with van der Waals surface area (Å²) < 4.78 is 6.11. The van der Waals surface area contributed by atoms with Crippen molar-refractivity contribution in [1.82, 2.24) is 4.90 Å². The molecule has 1 aromatic carbocycles. The summed E-state index contributed by atoms with van der Waals surface area (Å²) in [7, 11) is 3.64. The second-order valence-corrected chi connectivity index (χ2v) is 6.63. The number of nitrogen functional groups attached to an aromatic ring is 1. The summed E-state index contributed by atoms with van der Waals surface area (Å²) in [6, 6.07) is 9.68. The van der Waals surface area contributed by atoms with Gasteiger partial charge < -0.3 is 10.5 Å². The third-order valence-corrected chi connectivity index (χ3v) is 4.28. The van der Waals surface area contributed by atoms with E-state index in [4.69, 9.17) is 27.5 Å². The minimum atomic E-state index is 0.0139. The third-order valence-electron chi connectivity index (χ3n) is 3.06. The minimum Gasteiger partial charge on any atom is -0.496 e. The quantitative estimate of drug-likeness (QED) is 0.633. The summed E-state index contributed by atoms with van der Waals surface area (Å²) in [4.78, 5) is 3.43. The number of nitrogens with one attached hydrogen (secondary N) is 1. The van der Waals surface area contributed by atoms with Crippen LogP contribution in [0.4, 0.5) is 0 Å². The molecule has 2 aromatic rings. The Morgan fingerprint density at radius 1 is 1.33 bits per heavy atom. The molecule has 112 valence electrons. The van der Waals surface area contributed by atoms with E-state index in [1.807, 2.05) is 30.3 Å². The maximum atomic E-state index is 7.52. The van der Waals surface area contributed by atoms with Crippen LogP contribution in [0.5, 0.6) is 5.75 Å². The second kappa shape index (κ2) is 6.93. The smallest absolute Gasteiger partial charge is 0.130 e. The van der Waals surface area contributed by atoms with Gasteiger partial charge in [0.2, 0.25) is 0 Å². The standard InChI is InChI=1S/C15H18ClN3OS/c1-19(9-11-4-6-14(16)21-11)8-10-3-5-12(15(17)18)13(7-10)20-2/h3-7H,8-9H2,1-2H3,(H3,17,18). The summed E-state index contributed by atoms with van der Waals surface area (Å²) in [6.45, 7) is 1.62. The first kappa shape index (κ1) is 15.8. The summed E-state index contributed by atoms with van der Waals surface area (Å²) >= 11 is 7.54. The predicted molar refractivity (Wildman–Crippen MR) is 88.5 cm³/mol. The van der Waals surface area contributed by atoms with Crippen LogP contribution in [0.25, 0.3) is 0 Å². The number of nitrogens with two attached hydrogens (primary N) is 1. The average molecular weight is 324 g/mol. The van der Waals surface area contributed by atoms with Crippen molar-refractivity contribution in [3.05, 3.63) is 50.7 Å². The molecule has 1 aromatic heterocycles. The van der Waals surface area contributed by atoms with Crippen LogP contribution in [-0.2, 0) is 13.1 Å². The van der Waals surface area contributed by atoms with Crippen molar-refractivity contribution in [3.63, 3.8) is 0 Å². The highest BCUT2D eigenvalue weighted by atomic mass is 35.5. The van der Waals surface area contributed by atoms with E-state index in [0.29, 0.717) is 11.3 Å². The minimum absolute atomic E-state index is 0.0139. The number of ether oxygens (including phenoxy) is 1. The molecule has 0 saturated carbocycles. The molecule has 21 heavy (non-hydrogen) atoms. The molecular weight excluding hydrogens is 306 g/mol. The topological polar surface area (TPSA) is 62.3 Å². The first-order valence-electron chi connectivity index (χ1n) is 6.43. The fourth-order valence-electron chi connectivity index (χ4n) is 2.13. The van der Waals surface area contributed by atoms with Crippen LogP contribution in [-0.4, -0.2) is 24.9 Å². The monoisotopic (exact) mass is 323 g/mol. The number of halogens is 1. The summed E-state index contributed by atoms with van der Waals surface area (Å²) in [5.41, 5.74) is 7.26. The lowest BCUT2D eigenvalue weighted by Crippen LogP contribution is -2.17. The molecular formula is C15H18ClN3OS. The molecule has 0 bridgehead atoms. The molecule has 0 aliphatic carbocycles. The lowest BCUT2D eigenvalue weighted by Gasteiger charge is -2.17. The van der Waals surface area contributed by atoms with Crippen LogP contribution in [0.1, 0.15) is 16.0 Å². The highest BCUT2D eigenvalue weighted by molar-refractivity contribution is 7.16. The summed E-state index contributed by atoms with van der Waals surface area (Å²) in [5.74, 6) is 0.646. The van der Waals surface area contributed by atoms with Gasteiger partial charge in [-0.25, -0.2) is 0 Å². The number of hydrogen-bond donors (Lipinski definition) is 2. The fourth-order valence-corrected chi connectivity index (χ4v) is 3.29. The molecule has 0 atom stereocenters. The number of amidine groups is 1. The molecule has 1 heterocycles. The van der Waals surface area contributed by atoms with Gasteiger partial charge in [0.15, 0.2) is 0 Å². The number of thiophene rings is 1. The molecule has 0 aliphatic heterocycles. The van der Waals surface area contributed by atoms with E-state index < -0.39 is 0 Å². The molecule has 0 aliphatic rings. The summed E-state index contributed by atoms with van der Waals surface area (Å²) in [6.07, 6.45) is 0. The molecule has 6 heteroatoms. The molecule has 3 N–H and O–H groups in total. The summed E-state index contributed by atoms with van der Waals surface area (Å²) in [5, 5.41) is 7.52. The van der Waals surface area contributed by atoms with E-state index in [-0.39, 0.29) is 5.84 Å². The Hall–Kier alpha value is -1.56. The zero-order valence-electron chi connectivity index (χ0n) is 12.0. The Bertz CT molecular complexity index is 642. The van der Waals surface area contributed by atoms with Gasteiger partial charge in [0, 0.05) is 18.0 Å². The van der Waals surface area contributed by atoms with Gasteiger partial charge in [-0.3, -0.25) is 10.3 Å². The highest BCUT2D eigenvalue weighted by Crippen LogP contribution is 2.24. The van der Waals surface area contributed by atoms with Crippen LogP contribution < -0.4 is 10.5 Å². The van der Waals surface area contributed by atoms with Gasteiger partial charge in [-0.15, -0.1) is 11.3 Å². The average Bonchev–Trinajstić information content (AvgIpc) is 2.83. The number of benzene rings is 1. The van der Waals surface area contributed by atoms with Crippen LogP contribution in [0, 0.1) is 5.41 Å². The van der Waals surface area contributed by atoms with E-state index >= 15 is 0 Å². The predicted octanol–water partition coefficient (Wildman–Crippen LogP) is 3.33. The van der Waals surface area contributed by atoms with E-state index in [9.17, 15) is 0 Å². The van der Waals surface area contributed by atoms with Crippen LogP contribution in [0.15, 0.2) is 30.3 Å². The molecule has 0 spiro atoms. The lowest BCUT2D eigenvalue weighted by molar-refractivity contribution is 0.321. The van der Waals surface area contributed by atoms with Gasteiger partial charge in [-0.05, 0) is 36.9 Å². The van der Waals surface area contributed by atoms with Crippen LogP contribution >= 0.6 is 22.9 Å². The molecule has 2 rings (SSSR count). The van der Waals surface area contributed by atoms with Gasteiger partial charge in [-0.1, -0.05) is 17.7 Å². The molecule has 0 amide bonds. The van der Waals surface area contributed by atoms with E-state index in [1.54, 1.807) is 18.4 Å². The largest absolute Gasteiger partial charge is 0.496 e. The SMILES string of the molecule is COc1cc(CN(C)Cc2ccc(Cl)s2)ccc1C(=N)N. The first-order chi connectivity index (χ1) is 9.99. The maximum absolute atomic E-state index is 7.52. The maximum Gasteiger partial charge on any atom is 0.130 e. The van der Waals surface area contributed by atoms with Gasteiger partial charge in [0.1, 0.15) is 11.6 Å². The first-order valence-corrected chi connectivity index (χ1v) is 7.63. The zero-order valence-corrected chi connectivity index (χ0v) is 13.6. The van der Waals surface area contributed by atoms with Gasteiger partial charge in [0.25, 0.3) is 0 Å². The Morgan fingerprint density at radius 3 is 2.67 bits per heavy atom. The Labute approximate surface area is 133 Å². The van der Waals surface area contributed by atoms with Crippen molar-refractivity contribution in [2.24, 2.45) is 5.73 Å². The van der Waals surface area contributed by atoms with Crippen molar-refractivity contribution in [1.29, 1.82) is 5.41 Å². The van der Waals surface area contributed by atoms with E-state index in [1.165, 1.54) is 4.88 Å². The molecule has 0 fully saturated rings. The number of hydrogen-bond acceptors (Lipinski definition) is 4. The number of nitrogens with zero attached hydrogens (tertiary/aromatic N) is 1. The molecule has 4 nitrogen and oxygen atoms in total. The Balaban J connectivity index is 2.06.